The molecule has 7 nitrogen and oxygen atoms in total. The minimum atomic E-state index is -0.694. The quantitative estimate of drug-likeness (QED) is 0.425. The molecule has 0 fully saturated rings. The molecule has 0 aliphatic carbocycles. The predicted molar refractivity (Wildman–Crippen MR) is 112 cm³/mol. The van der Waals surface area contributed by atoms with Crippen molar-refractivity contribution in [3.8, 4) is 11.4 Å². The van der Waals surface area contributed by atoms with Crippen LogP contribution in [0.3, 0.4) is 0 Å². The van der Waals surface area contributed by atoms with Gasteiger partial charge in [-0.3, -0.25) is 4.79 Å². The zero-order valence-corrected chi connectivity index (χ0v) is 17.5. The normalized spacial score (nSPS) is 12.2. The summed E-state index contributed by atoms with van der Waals surface area (Å²) in [5.74, 6) is 1.45. The first kappa shape index (κ1) is 21.0. The van der Waals surface area contributed by atoms with Crippen molar-refractivity contribution in [1.29, 1.82) is 0 Å². The van der Waals surface area contributed by atoms with Gasteiger partial charge in [-0.15, -0.1) is 5.10 Å². The molecule has 29 heavy (non-hydrogen) atoms. The number of nitrogens with zero attached hydrogens (tertiary/aromatic N) is 4. The number of ketones is 1. The van der Waals surface area contributed by atoms with Crippen molar-refractivity contribution in [2.45, 2.75) is 37.9 Å². The average Bonchev–Trinajstić information content (AvgIpc) is 3.19. The first-order valence-electron chi connectivity index (χ1n) is 9.37. The number of Topliss-reactive ketones (excluding diaryl/α,β-unsaturated/α-hetero) is 1. The van der Waals surface area contributed by atoms with Crippen molar-refractivity contribution < 1.29 is 14.6 Å². The molecule has 1 atom stereocenters. The third-order valence-corrected chi connectivity index (χ3v) is 5.42. The lowest BCUT2D eigenvalue weighted by molar-refractivity contribution is 0.101. The number of hydrogen-bond donors (Lipinski definition) is 1. The van der Waals surface area contributed by atoms with Gasteiger partial charge in [0.15, 0.2) is 5.78 Å². The molecule has 3 aromatic rings. The van der Waals surface area contributed by atoms with Crippen LogP contribution in [-0.4, -0.2) is 49.6 Å². The van der Waals surface area contributed by atoms with E-state index in [1.54, 1.807) is 28.9 Å². The number of carbonyl (C=O) groups excluding carboxylic acids is 1. The minimum Gasteiger partial charge on any atom is -0.491 e. The Morgan fingerprint density at radius 1 is 1.14 bits per heavy atom. The number of aromatic nitrogens is 4. The van der Waals surface area contributed by atoms with Crippen LogP contribution in [0.25, 0.3) is 5.69 Å². The molecule has 3 rings (SSSR count). The molecule has 0 amide bonds. The smallest absolute Gasteiger partial charge is 0.214 e. The van der Waals surface area contributed by atoms with E-state index in [1.807, 2.05) is 12.1 Å². The fourth-order valence-corrected chi connectivity index (χ4v) is 3.42. The van der Waals surface area contributed by atoms with Gasteiger partial charge in [-0.2, -0.15) is 4.68 Å². The van der Waals surface area contributed by atoms with Gasteiger partial charge in [0, 0.05) is 11.3 Å². The van der Waals surface area contributed by atoms with Crippen LogP contribution >= 0.6 is 11.8 Å². The molecule has 1 N–H and O–H groups in total. The highest BCUT2D eigenvalue weighted by Gasteiger charge is 2.13. The summed E-state index contributed by atoms with van der Waals surface area (Å²) in [6.07, 6.45) is -0.694. The number of ether oxygens (including phenoxy) is 1. The van der Waals surface area contributed by atoms with Gasteiger partial charge in [0.25, 0.3) is 0 Å². The van der Waals surface area contributed by atoms with E-state index in [1.165, 1.54) is 24.2 Å². The molecular formula is C21H24N4O3S. The summed E-state index contributed by atoms with van der Waals surface area (Å²) in [7, 11) is 0. The minimum absolute atomic E-state index is 0.00421. The molecule has 1 aromatic heterocycles. The summed E-state index contributed by atoms with van der Waals surface area (Å²) in [4.78, 5) is 11.3. The summed E-state index contributed by atoms with van der Waals surface area (Å²) in [5.41, 5.74) is 2.75. The van der Waals surface area contributed by atoms with Crippen molar-refractivity contribution in [3.05, 3.63) is 59.7 Å². The molecular weight excluding hydrogens is 388 g/mol. The largest absolute Gasteiger partial charge is 0.491 e. The zero-order chi connectivity index (χ0) is 20.8. The molecule has 0 aliphatic heterocycles. The molecule has 0 spiro atoms. The van der Waals surface area contributed by atoms with Gasteiger partial charge in [0.1, 0.15) is 12.4 Å². The number of thioether (sulfide) groups is 1. The molecule has 0 bridgehead atoms. The van der Waals surface area contributed by atoms with Gasteiger partial charge in [-0.05, 0) is 65.2 Å². The third kappa shape index (κ3) is 5.65. The second-order valence-electron chi connectivity index (χ2n) is 6.98. The van der Waals surface area contributed by atoms with Crippen LogP contribution in [-0.2, 0) is 0 Å². The maximum atomic E-state index is 11.3. The Hall–Kier alpha value is -2.71. The van der Waals surface area contributed by atoms with E-state index in [4.69, 9.17) is 4.74 Å². The summed E-state index contributed by atoms with van der Waals surface area (Å²) in [6.45, 7) is 5.95. The van der Waals surface area contributed by atoms with Crippen LogP contribution in [0.1, 0.15) is 42.6 Å². The van der Waals surface area contributed by atoms with Gasteiger partial charge >= 0.3 is 0 Å². The van der Waals surface area contributed by atoms with Crippen LogP contribution < -0.4 is 4.74 Å². The molecule has 0 saturated carbocycles. The SMILES string of the molecule is CC(=O)c1ccc(OC[C@H](O)CSc2nnnn2-c2ccc(C(C)C)cc2)cc1. The van der Waals surface area contributed by atoms with Crippen LogP contribution in [0.4, 0.5) is 0 Å². The Morgan fingerprint density at radius 2 is 1.83 bits per heavy atom. The van der Waals surface area contributed by atoms with E-state index in [0.29, 0.717) is 28.1 Å². The summed E-state index contributed by atoms with van der Waals surface area (Å²) in [5, 5.41) is 22.7. The Morgan fingerprint density at radius 3 is 2.45 bits per heavy atom. The number of hydrogen-bond acceptors (Lipinski definition) is 7. The van der Waals surface area contributed by atoms with E-state index in [-0.39, 0.29) is 12.4 Å². The average molecular weight is 413 g/mol. The summed E-state index contributed by atoms with van der Waals surface area (Å²) >= 11 is 1.36. The lowest BCUT2D eigenvalue weighted by Gasteiger charge is -2.12. The highest BCUT2D eigenvalue weighted by molar-refractivity contribution is 7.99. The van der Waals surface area contributed by atoms with E-state index >= 15 is 0 Å². The number of aliphatic hydroxyl groups is 1. The molecule has 0 aliphatic rings. The third-order valence-electron chi connectivity index (χ3n) is 4.35. The lowest BCUT2D eigenvalue weighted by Crippen LogP contribution is -2.20. The Kier molecular flexibility index (Phi) is 7.00. The maximum Gasteiger partial charge on any atom is 0.214 e. The number of benzene rings is 2. The Balaban J connectivity index is 1.53. The van der Waals surface area contributed by atoms with E-state index < -0.39 is 6.10 Å². The van der Waals surface area contributed by atoms with Crippen LogP contribution in [0.15, 0.2) is 53.7 Å². The zero-order valence-electron chi connectivity index (χ0n) is 16.6. The number of carbonyl (C=O) groups is 1. The molecule has 152 valence electrons. The van der Waals surface area contributed by atoms with Crippen molar-refractivity contribution in [1.82, 2.24) is 20.2 Å². The second kappa shape index (κ2) is 9.67. The maximum absolute atomic E-state index is 11.3. The highest BCUT2D eigenvalue weighted by atomic mass is 32.2. The Labute approximate surface area is 174 Å². The molecule has 0 radical (unpaired) electrons. The van der Waals surface area contributed by atoms with Gasteiger partial charge in [0.2, 0.25) is 5.16 Å². The standard InChI is InChI=1S/C21H24N4O3S/c1-14(2)16-4-8-18(9-5-16)25-21(22-23-24-25)29-13-19(27)12-28-20-10-6-17(7-11-20)15(3)26/h4-11,14,19,27H,12-13H2,1-3H3/t19-/m0/s1. The van der Waals surface area contributed by atoms with E-state index in [2.05, 4.69) is 41.5 Å². The van der Waals surface area contributed by atoms with E-state index in [0.717, 1.165) is 5.69 Å². The Bertz CT molecular complexity index is 939. The summed E-state index contributed by atoms with van der Waals surface area (Å²) < 4.78 is 7.25. The van der Waals surface area contributed by atoms with Crippen LogP contribution in [0.5, 0.6) is 5.75 Å². The fourth-order valence-electron chi connectivity index (χ4n) is 2.63. The first-order valence-corrected chi connectivity index (χ1v) is 10.4. The monoisotopic (exact) mass is 412 g/mol. The van der Waals surface area contributed by atoms with Gasteiger partial charge in [0.05, 0.1) is 11.8 Å². The molecule has 2 aromatic carbocycles. The van der Waals surface area contributed by atoms with Crippen molar-refractivity contribution >= 4 is 17.5 Å². The van der Waals surface area contributed by atoms with Crippen molar-refractivity contribution in [3.63, 3.8) is 0 Å². The van der Waals surface area contributed by atoms with Crippen LogP contribution in [0, 0.1) is 0 Å². The molecule has 1 heterocycles. The van der Waals surface area contributed by atoms with Gasteiger partial charge in [-0.25, -0.2) is 0 Å². The van der Waals surface area contributed by atoms with Gasteiger partial charge in [-0.1, -0.05) is 37.7 Å². The molecule has 8 heteroatoms. The molecule has 0 saturated heterocycles. The van der Waals surface area contributed by atoms with Crippen LogP contribution in [0.2, 0.25) is 0 Å². The van der Waals surface area contributed by atoms with Crippen molar-refractivity contribution in [2.75, 3.05) is 12.4 Å². The predicted octanol–water partition coefficient (Wildman–Crippen LogP) is 3.52. The number of tetrazole rings is 1. The first-order chi connectivity index (χ1) is 13.9. The summed E-state index contributed by atoms with van der Waals surface area (Å²) in [6, 6.07) is 15.0. The second-order valence-corrected chi connectivity index (χ2v) is 7.96. The highest BCUT2D eigenvalue weighted by Crippen LogP contribution is 2.21. The van der Waals surface area contributed by atoms with Gasteiger partial charge < -0.3 is 9.84 Å². The van der Waals surface area contributed by atoms with Crippen molar-refractivity contribution in [2.24, 2.45) is 0 Å². The number of aliphatic hydroxyl groups excluding tert-OH is 1. The topological polar surface area (TPSA) is 90.1 Å². The lowest BCUT2D eigenvalue weighted by atomic mass is 10.0. The number of rotatable bonds is 9. The fraction of sp³-hybridized carbons (Fsp3) is 0.333. The molecule has 0 unspecified atom stereocenters. The van der Waals surface area contributed by atoms with E-state index in [9.17, 15) is 9.90 Å².